The first-order valence-electron chi connectivity index (χ1n) is 11.1. The van der Waals surface area contributed by atoms with Gasteiger partial charge in [0, 0.05) is 35.7 Å². The molecule has 0 unspecified atom stereocenters. The Bertz CT molecular complexity index is 1100. The van der Waals surface area contributed by atoms with Crippen LogP contribution in [-0.4, -0.2) is 47.9 Å². The molecule has 3 heterocycles. The summed E-state index contributed by atoms with van der Waals surface area (Å²) in [6.45, 7) is 5.61. The molecule has 31 heavy (non-hydrogen) atoms. The molecule has 3 N–H and O–H groups in total. The SMILES string of the molecule is Cc1[nH]c2c(c1C(=O)NCCN1CCCC1)CCC/C2=C1/C(=O)Nc2ccc(F)cc21. The van der Waals surface area contributed by atoms with Gasteiger partial charge in [-0.05, 0) is 81.5 Å². The number of halogens is 1. The van der Waals surface area contributed by atoms with Gasteiger partial charge in [0.1, 0.15) is 5.82 Å². The molecule has 0 bridgehead atoms. The molecule has 1 fully saturated rings. The van der Waals surface area contributed by atoms with E-state index in [1.54, 1.807) is 6.07 Å². The molecule has 1 saturated heterocycles. The number of likely N-dealkylation sites (tertiary alicyclic amines) is 1. The monoisotopic (exact) mass is 422 g/mol. The fraction of sp³-hybridized carbons (Fsp3) is 0.417. The van der Waals surface area contributed by atoms with Crippen LogP contribution in [0.2, 0.25) is 0 Å². The van der Waals surface area contributed by atoms with Crippen LogP contribution in [-0.2, 0) is 11.2 Å². The van der Waals surface area contributed by atoms with Gasteiger partial charge in [0.25, 0.3) is 11.8 Å². The lowest BCUT2D eigenvalue weighted by Gasteiger charge is -2.19. The molecule has 1 aliphatic carbocycles. The normalized spacial score (nSPS) is 20.5. The van der Waals surface area contributed by atoms with Crippen LogP contribution in [0.5, 0.6) is 0 Å². The van der Waals surface area contributed by atoms with E-state index in [0.29, 0.717) is 35.4 Å². The van der Waals surface area contributed by atoms with Crippen LogP contribution in [0.25, 0.3) is 11.1 Å². The van der Waals surface area contributed by atoms with Crippen molar-refractivity contribution in [1.29, 1.82) is 0 Å². The number of allylic oxidation sites excluding steroid dienone is 1. The van der Waals surface area contributed by atoms with Crippen molar-refractivity contribution in [2.24, 2.45) is 0 Å². The standard InChI is InChI=1S/C24H27FN4O2/c1-14-20(23(30)26-9-12-29-10-2-3-11-29)16-5-4-6-17(22(16)27-14)21-18-13-15(25)7-8-19(18)28-24(21)31/h7-8,13,27H,2-6,9-12H2,1H3,(H,26,30)(H,28,31)/b21-17-. The first-order valence-corrected chi connectivity index (χ1v) is 11.1. The van der Waals surface area contributed by atoms with Gasteiger partial charge in [0.2, 0.25) is 0 Å². The van der Waals surface area contributed by atoms with E-state index >= 15 is 0 Å². The zero-order valence-electron chi connectivity index (χ0n) is 17.7. The van der Waals surface area contributed by atoms with Crippen molar-refractivity contribution >= 4 is 28.6 Å². The third-order valence-electron chi connectivity index (χ3n) is 6.61. The molecule has 3 aliphatic rings. The Labute approximate surface area is 180 Å². The van der Waals surface area contributed by atoms with Crippen molar-refractivity contribution in [2.45, 2.75) is 39.0 Å². The van der Waals surface area contributed by atoms with Gasteiger partial charge in [0.05, 0.1) is 11.1 Å². The summed E-state index contributed by atoms with van der Waals surface area (Å²) in [5.41, 5.74) is 5.90. The van der Waals surface area contributed by atoms with Crippen LogP contribution in [0.3, 0.4) is 0 Å². The molecule has 0 saturated carbocycles. The second kappa shape index (κ2) is 7.96. The van der Waals surface area contributed by atoms with Crippen LogP contribution in [0, 0.1) is 12.7 Å². The van der Waals surface area contributed by atoms with Gasteiger partial charge < -0.3 is 20.5 Å². The first-order chi connectivity index (χ1) is 15.0. The van der Waals surface area contributed by atoms with Gasteiger partial charge in [-0.3, -0.25) is 9.59 Å². The Morgan fingerprint density at radius 3 is 2.81 bits per heavy atom. The number of carbonyl (C=O) groups is 2. The highest BCUT2D eigenvalue weighted by molar-refractivity contribution is 6.36. The largest absolute Gasteiger partial charge is 0.358 e. The van der Waals surface area contributed by atoms with Crippen LogP contribution in [0.15, 0.2) is 18.2 Å². The van der Waals surface area contributed by atoms with Gasteiger partial charge in [-0.15, -0.1) is 0 Å². The minimum atomic E-state index is -0.370. The van der Waals surface area contributed by atoms with Gasteiger partial charge in [-0.1, -0.05) is 0 Å². The third-order valence-corrected chi connectivity index (χ3v) is 6.61. The lowest BCUT2D eigenvalue weighted by Crippen LogP contribution is -2.34. The number of aromatic nitrogens is 1. The number of aryl methyl sites for hydroxylation is 1. The van der Waals surface area contributed by atoms with E-state index in [2.05, 4.69) is 20.5 Å². The molecular formula is C24H27FN4O2. The highest BCUT2D eigenvalue weighted by Gasteiger charge is 2.33. The molecule has 0 radical (unpaired) electrons. The molecule has 2 aliphatic heterocycles. The summed E-state index contributed by atoms with van der Waals surface area (Å²) >= 11 is 0. The molecule has 2 aromatic rings. The van der Waals surface area contributed by atoms with Crippen LogP contribution in [0.1, 0.15) is 58.6 Å². The number of nitrogens with one attached hydrogen (secondary N) is 3. The summed E-state index contributed by atoms with van der Waals surface area (Å²) in [5, 5.41) is 5.91. The smallest absolute Gasteiger partial charge is 0.256 e. The summed E-state index contributed by atoms with van der Waals surface area (Å²) in [5.74, 6) is -0.653. The number of hydrogen-bond donors (Lipinski definition) is 3. The van der Waals surface area contributed by atoms with E-state index in [1.807, 2.05) is 6.92 Å². The molecule has 0 atom stereocenters. The summed E-state index contributed by atoms with van der Waals surface area (Å²) in [6, 6.07) is 4.35. The van der Waals surface area contributed by atoms with Gasteiger partial charge >= 0.3 is 0 Å². The van der Waals surface area contributed by atoms with Crippen LogP contribution >= 0.6 is 0 Å². The Balaban J connectivity index is 1.46. The van der Waals surface area contributed by atoms with Crippen molar-refractivity contribution in [3.8, 4) is 0 Å². The fourth-order valence-electron chi connectivity index (χ4n) is 5.17. The molecule has 162 valence electrons. The highest BCUT2D eigenvalue weighted by atomic mass is 19.1. The number of amides is 2. The average molecular weight is 423 g/mol. The molecule has 1 aromatic heterocycles. The second-order valence-corrected chi connectivity index (χ2v) is 8.63. The molecule has 0 spiro atoms. The quantitative estimate of drug-likeness (QED) is 0.660. The number of benzene rings is 1. The van der Waals surface area contributed by atoms with Gasteiger partial charge in [-0.2, -0.15) is 0 Å². The fourth-order valence-corrected chi connectivity index (χ4v) is 5.17. The second-order valence-electron chi connectivity index (χ2n) is 8.63. The van der Waals surface area contributed by atoms with E-state index in [1.165, 1.54) is 25.0 Å². The maximum absolute atomic E-state index is 13.9. The molecule has 5 rings (SSSR count). The van der Waals surface area contributed by atoms with E-state index in [4.69, 9.17) is 0 Å². The molecule has 7 heteroatoms. The maximum Gasteiger partial charge on any atom is 0.256 e. The number of rotatable bonds is 4. The van der Waals surface area contributed by atoms with Gasteiger partial charge in [0.15, 0.2) is 0 Å². The average Bonchev–Trinajstić information content (AvgIpc) is 3.44. The minimum Gasteiger partial charge on any atom is -0.358 e. The Kier molecular flexibility index (Phi) is 5.14. The van der Waals surface area contributed by atoms with E-state index in [-0.39, 0.29) is 17.6 Å². The molecule has 2 amide bonds. The number of aromatic amines is 1. The lowest BCUT2D eigenvalue weighted by molar-refractivity contribution is -0.110. The van der Waals surface area contributed by atoms with Crippen molar-refractivity contribution in [2.75, 3.05) is 31.5 Å². The van der Waals surface area contributed by atoms with Gasteiger partial charge in [-0.25, -0.2) is 4.39 Å². The predicted molar refractivity (Wildman–Crippen MR) is 118 cm³/mol. The zero-order valence-corrected chi connectivity index (χ0v) is 17.7. The van der Waals surface area contributed by atoms with Crippen molar-refractivity contribution in [1.82, 2.24) is 15.2 Å². The highest BCUT2D eigenvalue weighted by Crippen LogP contribution is 2.43. The summed E-state index contributed by atoms with van der Waals surface area (Å²) in [4.78, 5) is 31.5. The lowest BCUT2D eigenvalue weighted by atomic mass is 9.86. The topological polar surface area (TPSA) is 77.2 Å². The number of nitrogens with zero attached hydrogens (tertiary/aromatic N) is 1. The van der Waals surface area contributed by atoms with Crippen LogP contribution < -0.4 is 10.6 Å². The van der Waals surface area contributed by atoms with Crippen molar-refractivity contribution in [3.63, 3.8) is 0 Å². The van der Waals surface area contributed by atoms with Crippen LogP contribution in [0.4, 0.5) is 10.1 Å². The zero-order chi connectivity index (χ0) is 21.5. The number of hydrogen-bond acceptors (Lipinski definition) is 3. The third kappa shape index (κ3) is 3.57. The molecular weight excluding hydrogens is 395 g/mol. The molecule has 1 aromatic carbocycles. The molecule has 6 nitrogen and oxygen atoms in total. The van der Waals surface area contributed by atoms with E-state index < -0.39 is 0 Å². The minimum absolute atomic E-state index is 0.0669. The Morgan fingerprint density at radius 2 is 2.00 bits per heavy atom. The van der Waals surface area contributed by atoms with Crippen molar-refractivity contribution in [3.05, 3.63) is 52.1 Å². The number of H-pyrrole nitrogens is 1. The maximum atomic E-state index is 13.9. The number of fused-ring (bicyclic) bond motifs is 2. The van der Waals surface area contributed by atoms with E-state index in [0.717, 1.165) is 55.0 Å². The number of carbonyl (C=O) groups excluding carboxylic acids is 2. The summed E-state index contributed by atoms with van der Waals surface area (Å²) in [6.07, 6.45) is 4.80. The Morgan fingerprint density at radius 1 is 1.19 bits per heavy atom. The van der Waals surface area contributed by atoms with E-state index in [9.17, 15) is 14.0 Å². The van der Waals surface area contributed by atoms with Crippen molar-refractivity contribution < 1.29 is 14.0 Å². The summed E-state index contributed by atoms with van der Waals surface area (Å²) in [7, 11) is 0. The first kappa shape index (κ1) is 20.0. The number of anilines is 1. The summed E-state index contributed by atoms with van der Waals surface area (Å²) < 4.78 is 13.9. The predicted octanol–water partition coefficient (Wildman–Crippen LogP) is 3.49. The Hall–Kier alpha value is -2.93.